The summed E-state index contributed by atoms with van der Waals surface area (Å²) in [5.41, 5.74) is 0. The largest absolute Gasteiger partial charge is 0.379 e. The maximum atomic E-state index is 13.2. The summed E-state index contributed by atoms with van der Waals surface area (Å²) in [4.78, 5) is 22.1. The second-order valence-electron chi connectivity index (χ2n) is 4.99. The van der Waals surface area contributed by atoms with Crippen LogP contribution in [0, 0.1) is 0 Å². The van der Waals surface area contributed by atoms with Crippen LogP contribution in [0.2, 0.25) is 0 Å². The van der Waals surface area contributed by atoms with Gasteiger partial charge < -0.3 is 10.1 Å². The first kappa shape index (κ1) is 22.5. The van der Waals surface area contributed by atoms with Crippen LogP contribution in [0.3, 0.4) is 0 Å². The van der Waals surface area contributed by atoms with Crippen LogP contribution in [-0.2, 0) is 14.3 Å². The summed E-state index contributed by atoms with van der Waals surface area (Å²) in [6.07, 6.45) is -1.16. The number of carbonyl (C=O) groups excluding carboxylic acids is 2. The standard InChI is InChI=1S/C12H15F8NO3/c1-9(13,14)11(17,18)12(19,20)10(15,16)6-21-8(23)4-3-7(22)5-24-2/h3-6H2,1-2H3,(H,21,23). The van der Waals surface area contributed by atoms with Crippen molar-refractivity contribution < 1.29 is 49.4 Å². The molecule has 0 fully saturated rings. The van der Waals surface area contributed by atoms with E-state index in [0.29, 0.717) is 0 Å². The van der Waals surface area contributed by atoms with E-state index in [1.165, 1.54) is 12.4 Å². The fourth-order valence-corrected chi connectivity index (χ4v) is 1.40. The lowest BCUT2D eigenvalue weighted by Gasteiger charge is -2.35. The topological polar surface area (TPSA) is 55.4 Å². The molecule has 0 radical (unpaired) electrons. The van der Waals surface area contributed by atoms with Gasteiger partial charge in [0.2, 0.25) is 5.91 Å². The number of hydrogen-bond acceptors (Lipinski definition) is 3. The third-order valence-corrected chi connectivity index (χ3v) is 2.85. The Kier molecular flexibility index (Phi) is 7.15. The zero-order valence-corrected chi connectivity index (χ0v) is 12.6. The average molecular weight is 373 g/mol. The molecule has 0 spiro atoms. The number of Topliss-reactive ketones (excluding diaryl/α,β-unsaturated/α-hetero) is 1. The molecule has 0 saturated carbocycles. The molecule has 0 aromatic carbocycles. The van der Waals surface area contributed by atoms with E-state index in [2.05, 4.69) is 4.74 Å². The summed E-state index contributed by atoms with van der Waals surface area (Å²) in [5.74, 6) is -25.7. The minimum absolute atomic E-state index is 0.376. The van der Waals surface area contributed by atoms with Gasteiger partial charge >= 0.3 is 23.7 Å². The lowest BCUT2D eigenvalue weighted by molar-refractivity contribution is -0.360. The Morgan fingerprint density at radius 1 is 0.917 bits per heavy atom. The van der Waals surface area contributed by atoms with Crippen LogP contribution in [-0.4, -0.2) is 55.6 Å². The van der Waals surface area contributed by atoms with E-state index in [-0.39, 0.29) is 6.61 Å². The van der Waals surface area contributed by atoms with E-state index >= 15 is 0 Å². The van der Waals surface area contributed by atoms with E-state index in [1.807, 2.05) is 0 Å². The molecule has 0 rings (SSSR count). The van der Waals surface area contributed by atoms with E-state index in [4.69, 9.17) is 0 Å². The van der Waals surface area contributed by atoms with Crippen LogP contribution < -0.4 is 5.32 Å². The van der Waals surface area contributed by atoms with E-state index in [9.17, 15) is 44.7 Å². The highest BCUT2D eigenvalue weighted by Crippen LogP contribution is 2.52. The second-order valence-corrected chi connectivity index (χ2v) is 4.99. The number of rotatable bonds is 10. The molecule has 12 heteroatoms. The minimum Gasteiger partial charge on any atom is -0.377 e. The highest BCUT2D eigenvalue weighted by atomic mass is 19.4. The Balaban J connectivity index is 4.85. The van der Waals surface area contributed by atoms with Gasteiger partial charge in [0.25, 0.3) is 0 Å². The molecule has 0 atom stereocenters. The van der Waals surface area contributed by atoms with Gasteiger partial charge in [-0.15, -0.1) is 0 Å². The number of hydrogen-bond donors (Lipinski definition) is 1. The maximum absolute atomic E-state index is 13.2. The smallest absolute Gasteiger partial charge is 0.377 e. The predicted octanol–water partition coefficient (Wildman–Crippen LogP) is 2.66. The quantitative estimate of drug-likeness (QED) is 0.599. The predicted molar refractivity (Wildman–Crippen MR) is 64.6 cm³/mol. The Morgan fingerprint density at radius 2 is 1.42 bits per heavy atom. The van der Waals surface area contributed by atoms with Gasteiger partial charge in [-0.2, -0.15) is 35.1 Å². The fourth-order valence-electron chi connectivity index (χ4n) is 1.40. The fraction of sp³-hybridized carbons (Fsp3) is 0.833. The van der Waals surface area contributed by atoms with Gasteiger partial charge in [-0.25, -0.2) is 0 Å². The summed E-state index contributed by atoms with van der Waals surface area (Å²) >= 11 is 0. The number of ketones is 1. The van der Waals surface area contributed by atoms with Gasteiger partial charge in [0.15, 0.2) is 5.78 Å². The average Bonchev–Trinajstić information content (AvgIpc) is 2.41. The number of alkyl halides is 8. The third-order valence-electron chi connectivity index (χ3n) is 2.85. The molecule has 0 bridgehead atoms. The van der Waals surface area contributed by atoms with Crippen LogP contribution in [0.4, 0.5) is 35.1 Å². The highest BCUT2D eigenvalue weighted by molar-refractivity contribution is 5.85. The number of amides is 1. The van der Waals surface area contributed by atoms with Crippen molar-refractivity contribution in [1.29, 1.82) is 0 Å². The first-order chi connectivity index (χ1) is 10.6. The minimum atomic E-state index is -6.42. The number of nitrogens with one attached hydrogen (secondary N) is 1. The van der Waals surface area contributed by atoms with Crippen molar-refractivity contribution in [1.82, 2.24) is 5.32 Å². The van der Waals surface area contributed by atoms with Gasteiger partial charge in [0.05, 0.1) is 6.54 Å². The number of halogens is 8. The van der Waals surface area contributed by atoms with Gasteiger partial charge in [-0.1, -0.05) is 0 Å². The van der Waals surface area contributed by atoms with Crippen molar-refractivity contribution in [3.63, 3.8) is 0 Å². The first-order valence-corrected chi connectivity index (χ1v) is 6.38. The summed E-state index contributed by atoms with van der Waals surface area (Å²) in [7, 11) is 1.17. The van der Waals surface area contributed by atoms with E-state index in [0.717, 1.165) is 0 Å². The molecule has 0 aromatic rings. The number of ether oxygens (including phenoxy) is 1. The molecule has 0 heterocycles. The van der Waals surface area contributed by atoms with Crippen molar-refractivity contribution in [3.05, 3.63) is 0 Å². The van der Waals surface area contributed by atoms with Crippen LogP contribution >= 0.6 is 0 Å². The Labute approximate surface area is 131 Å². The lowest BCUT2D eigenvalue weighted by Crippen LogP contribution is -2.63. The zero-order chi connectivity index (χ0) is 19.4. The van der Waals surface area contributed by atoms with Crippen LogP contribution in [0.5, 0.6) is 0 Å². The first-order valence-electron chi connectivity index (χ1n) is 6.38. The van der Waals surface area contributed by atoms with Crippen LogP contribution in [0.1, 0.15) is 19.8 Å². The molecule has 24 heavy (non-hydrogen) atoms. The van der Waals surface area contributed by atoms with Gasteiger partial charge in [-0.3, -0.25) is 9.59 Å². The van der Waals surface area contributed by atoms with Crippen molar-refractivity contribution in [2.75, 3.05) is 20.3 Å². The molecule has 142 valence electrons. The van der Waals surface area contributed by atoms with Gasteiger partial charge in [0, 0.05) is 26.9 Å². The second kappa shape index (κ2) is 7.62. The number of carbonyl (C=O) groups is 2. The molecule has 0 unspecified atom stereocenters. The van der Waals surface area contributed by atoms with E-state index < -0.39 is 61.7 Å². The third kappa shape index (κ3) is 5.02. The summed E-state index contributed by atoms with van der Waals surface area (Å²) in [5, 5.41) is 1.21. The lowest BCUT2D eigenvalue weighted by atomic mass is 9.99. The van der Waals surface area contributed by atoms with Crippen LogP contribution in [0.15, 0.2) is 0 Å². The van der Waals surface area contributed by atoms with Crippen LogP contribution in [0.25, 0.3) is 0 Å². The monoisotopic (exact) mass is 373 g/mol. The summed E-state index contributed by atoms with van der Waals surface area (Å²) < 4.78 is 108. The molecular weight excluding hydrogens is 358 g/mol. The molecule has 0 saturated heterocycles. The van der Waals surface area contributed by atoms with Crippen molar-refractivity contribution in [3.8, 4) is 0 Å². The van der Waals surface area contributed by atoms with E-state index in [1.54, 1.807) is 0 Å². The van der Waals surface area contributed by atoms with Crippen molar-refractivity contribution in [2.24, 2.45) is 0 Å². The molecule has 1 amide bonds. The molecule has 4 nitrogen and oxygen atoms in total. The Bertz CT molecular complexity index is 462. The zero-order valence-electron chi connectivity index (χ0n) is 12.6. The molecule has 0 aliphatic rings. The summed E-state index contributed by atoms with van der Waals surface area (Å²) in [6, 6.07) is 0. The Hall–Kier alpha value is -1.46. The van der Waals surface area contributed by atoms with Crippen molar-refractivity contribution >= 4 is 11.7 Å². The number of methoxy groups -OCH3 is 1. The van der Waals surface area contributed by atoms with Gasteiger partial charge in [0.1, 0.15) is 6.61 Å². The molecule has 0 aliphatic heterocycles. The molecule has 0 aliphatic carbocycles. The normalized spacial score (nSPS) is 13.8. The summed E-state index contributed by atoms with van der Waals surface area (Å²) in [6.45, 7) is -3.31. The maximum Gasteiger partial charge on any atom is 0.379 e. The highest BCUT2D eigenvalue weighted by Gasteiger charge is 2.78. The SMILES string of the molecule is COCC(=O)CCC(=O)NCC(F)(F)C(F)(F)C(F)(F)C(C)(F)F. The van der Waals surface area contributed by atoms with Gasteiger partial charge in [-0.05, 0) is 0 Å². The Morgan fingerprint density at radius 3 is 1.83 bits per heavy atom. The van der Waals surface area contributed by atoms with Crippen molar-refractivity contribution in [2.45, 2.75) is 43.5 Å². The molecule has 1 N–H and O–H groups in total. The molecular formula is C12H15F8NO3. The molecule has 0 aromatic heterocycles.